The molecule has 1 aromatic heterocycles. The van der Waals surface area contributed by atoms with Gasteiger partial charge >= 0.3 is 5.97 Å². The molecule has 37 heavy (non-hydrogen) atoms. The van der Waals surface area contributed by atoms with Crippen molar-refractivity contribution in [2.75, 3.05) is 19.6 Å². The smallest absolute Gasteiger partial charge is 0.317 e. The van der Waals surface area contributed by atoms with E-state index >= 15 is 0 Å². The normalized spacial score (nSPS) is 26.6. The molecule has 4 fully saturated rings. The van der Waals surface area contributed by atoms with E-state index in [9.17, 15) is 4.79 Å². The van der Waals surface area contributed by atoms with Gasteiger partial charge in [0.15, 0.2) is 6.10 Å². The average molecular weight is 537 g/mol. The van der Waals surface area contributed by atoms with Crippen LogP contribution in [0.3, 0.4) is 0 Å². The van der Waals surface area contributed by atoms with E-state index in [1.807, 2.05) is 12.1 Å². The van der Waals surface area contributed by atoms with E-state index in [0.717, 1.165) is 66.7 Å². The van der Waals surface area contributed by atoms with Crippen molar-refractivity contribution in [1.29, 1.82) is 0 Å². The minimum atomic E-state index is -0.478. The maximum absolute atomic E-state index is 14.0. The number of piperidine rings is 3. The first-order chi connectivity index (χ1) is 17.7. The number of carbonyl (C=O) groups excluding carboxylic acids is 1. The molecule has 0 N–H and O–H groups in total. The summed E-state index contributed by atoms with van der Waals surface area (Å²) in [4.78, 5) is 19.0. The first-order valence-electron chi connectivity index (χ1n) is 13.8. The Hall–Kier alpha value is -2.21. The van der Waals surface area contributed by atoms with Crippen LogP contribution in [0.4, 0.5) is 0 Å². The van der Waals surface area contributed by atoms with E-state index < -0.39 is 5.41 Å². The number of hydrogen-bond donors (Lipinski definition) is 0. The van der Waals surface area contributed by atoms with Crippen LogP contribution in [0, 0.1) is 5.92 Å². The number of nitrogens with zero attached hydrogens (tertiary/aromatic N) is 2. The van der Waals surface area contributed by atoms with Crippen molar-refractivity contribution in [3.8, 4) is 10.6 Å². The molecule has 4 nitrogen and oxygen atoms in total. The summed E-state index contributed by atoms with van der Waals surface area (Å²) in [7, 11) is 0. The topological polar surface area (TPSA) is 39.2 Å². The number of thiazole rings is 1. The van der Waals surface area contributed by atoms with Gasteiger partial charge in [0.05, 0.1) is 18.5 Å². The highest BCUT2D eigenvalue weighted by Gasteiger charge is 2.50. The lowest BCUT2D eigenvalue weighted by molar-refractivity contribution is -0.958. The number of quaternary nitrogens is 1. The highest BCUT2D eigenvalue weighted by atomic mass is 35.5. The first kappa shape index (κ1) is 26.4. The van der Waals surface area contributed by atoms with Crippen LogP contribution in [0.15, 0.2) is 66.0 Å². The van der Waals surface area contributed by atoms with Gasteiger partial charge in [-0.25, -0.2) is 4.98 Å². The Labute approximate surface area is 231 Å². The minimum absolute atomic E-state index is 0. The molecule has 7 rings (SSSR count). The van der Waals surface area contributed by atoms with Gasteiger partial charge in [-0.1, -0.05) is 86.3 Å². The molecule has 3 aromatic rings. The zero-order valence-corrected chi connectivity index (χ0v) is 23.1. The molecule has 0 unspecified atom stereocenters. The molecule has 1 aliphatic carbocycles. The van der Waals surface area contributed by atoms with Crippen LogP contribution in [-0.2, 0) is 21.5 Å². The van der Waals surface area contributed by atoms with E-state index in [1.165, 1.54) is 37.2 Å². The number of hydrogen-bond acceptors (Lipinski definition) is 4. The third-order valence-electron chi connectivity index (χ3n) is 9.04. The van der Waals surface area contributed by atoms with Gasteiger partial charge < -0.3 is 21.6 Å². The van der Waals surface area contributed by atoms with Crippen LogP contribution in [0.1, 0.15) is 62.6 Å². The van der Waals surface area contributed by atoms with Crippen molar-refractivity contribution >= 4 is 17.3 Å². The van der Waals surface area contributed by atoms with Crippen molar-refractivity contribution in [1.82, 2.24) is 4.98 Å². The van der Waals surface area contributed by atoms with Crippen LogP contribution < -0.4 is 12.4 Å². The maximum atomic E-state index is 14.0. The second-order valence-electron chi connectivity index (χ2n) is 11.3. The van der Waals surface area contributed by atoms with Crippen LogP contribution in [0.2, 0.25) is 0 Å². The summed E-state index contributed by atoms with van der Waals surface area (Å²) in [6, 6.07) is 20.9. The Morgan fingerprint density at radius 2 is 1.59 bits per heavy atom. The lowest BCUT2D eigenvalue weighted by Gasteiger charge is -2.52. The van der Waals surface area contributed by atoms with Crippen molar-refractivity contribution in [2.45, 2.75) is 69.4 Å². The standard InChI is InChI=1S/C31H37N2O2S.ClH/c34-30(31(17-9-1-2-10-18-31)26-13-7-4-8-14-26)35-28-22-33(19-15-24(28)16-20-33)21-27-23-36-29(32-27)25-11-5-3-6-12-25;/h3-8,11-14,23-24,28H,1-2,9-10,15-22H2;1H/q+1;/p-1/t24?,28-,33?;/m0./s1. The Morgan fingerprint density at radius 3 is 2.27 bits per heavy atom. The minimum Gasteiger partial charge on any atom is -1.00 e. The Bertz CT molecular complexity index is 1170. The monoisotopic (exact) mass is 536 g/mol. The zero-order chi connectivity index (χ0) is 24.4. The molecule has 1 saturated carbocycles. The van der Waals surface area contributed by atoms with Gasteiger partial charge in [0.25, 0.3) is 0 Å². The lowest BCUT2D eigenvalue weighted by atomic mass is 9.74. The quantitative estimate of drug-likeness (QED) is 0.273. The van der Waals surface area contributed by atoms with Gasteiger partial charge in [0.1, 0.15) is 23.8 Å². The largest absolute Gasteiger partial charge is 1.00 e. The molecule has 3 saturated heterocycles. The number of esters is 1. The van der Waals surface area contributed by atoms with E-state index in [2.05, 4.69) is 53.9 Å². The third-order valence-corrected chi connectivity index (χ3v) is 9.98. The molecule has 4 heterocycles. The second-order valence-corrected chi connectivity index (χ2v) is 12.1. The van der Waals surface area contributed by atoms with Crippen LogP contribution >= 0.6 is 11.3 Å². The van der Waals surface area contributed by atoms with Crippen molar-refractivity contribution in [3.05, 3.63) is 77.3 Å². The number of fused-ring (bicyclic) bond motifs is 3. The summed E-state index contributed by atoms with van der Waals surface area (Å²) < 4.78 is 7.55. The lowest BCUT2D eigenvalue weighted by Crippen LogP contribution is -3.00. The van der Waals surface area contributed by atoms with Gasteiger partial charge in [-0.2, -0.15) is 0 Å². The number of halogens is 1. The van der Waals surface area contributed by atoms with Crippen LogP contribution in [0.5, 0.6) is 0 Å². The van der Waals surface area contributed by atoms with Gasteiger partial charge in [0, 0.05) is 29.7 Å². The summed E-state index contributed by atoms with van der Waals surface area (Å²) in [5.74, 6) is 0.537. The molecular weight excluding hydrogens is 500 g/mol. The average Bonchev–Trinajstić information content (AvgIpc) is 3.23. The maximum Gasteiger partial charge on any atom is 0.317 e. The van der Waals surface area contributed by atoms with Crippen LogP contribution in [-0.4, -0.2) is 41.2 Å². The SMILES string of the molecule is O=C(O[C@H]1C[N+]2(Cc3csc(-c4ccccc4)n3)CCC1CC2)C1(c2ccccc2)CCCCCC1.[Cl-]. The number of ether oxygens (including phenoxy) is 1. The summed E-state index contributed by atoms with van der Waals surface area (Å²) in [6.45, 7) is 4.20. The van der Waals surface area contributed by atoms with Gasteiger partial charge in [-0.3, -0.25) is 4.79 Å². The van der Waals surface area contributed by atoms with Gasteiger partial charge in [-0.15, -0.1) is 11.3 Å². The molecule has 2 aromatic carbocycles. The molecule has 0 radical (unpaired) electrons. The predicted molar refractivity (Wildman–Crippen MR) is 145 cm³/mol. The number of benzene rings is 2. The zero-order valence-electron chi connectivity index (χ0n) is 21.5. The van der Waals surface area contributed by atoms with Crippen molar-refractivity contribution in [3.63, 3.8) is 0 Å². The molecule has 1 atom stereocenters. The summed E-state index contributed by atoms with van der Waals surface area (Å²) in [5.41, 5.74) is 3.04. The van der Waals surface area contributed by atoms with Gasteiger partial charge in [-0.05, 0) is 18.4 Å². The Morgan fingerprint density at radius 1 is 0.946 bits per heavy atom. The van der Waals surface area contributed by atoms with E-state index in [-0.39, 0.29) is 24.5 Å². The summed E-state index contributed by atoms with van der Waals surface area (Å²) in [6.07, 6.45) is 8.77. The van der Waals surface area contributed by atoms with Gasteiger partial charge in [0.2, 0.25) is 0 Å². The summed E-state index contributed by atoms with van der Waals surface area (Å²) >= 11 is 1.74. The molecule has 6 heteroatoms. The number of aromatic nitrogens is 1. The molecule has 2 bridgehead atoms. The molecule has 0 amide bonds. The Balaban J connectivity index is 0.00000280. The summed E-state index contributed by atoms with van der Waals surface area (Å²) in [5, 5.41) is 3.32. The fraction of sp³-hybridized carbons (Fsp3) is 0.484. The van der Waals surface area contributed by atoms with E-state index in [4.69, 9.17) is 9.72 Å². The molecule has 4 aliphatic rings. The van der Waals surface area contributed by atoms with Crippen molar-refractivity contribution in [2.24, 2.45) is 5.92 Å². The van der Waals surface area contributed by atoms with Crippen LogP contribution in [0.25, 0.3) is 10.6 Å². The highest BCUT2D eigenvalue weighted by molar-refractivity contribution is 7.13. The van der Waals surface area contributed by atoms with Crippen molar-refractivity contribution < 1.29 is 26.4 Å². The fourth-order valence-corrected chi connectivity index (χ4v) is 7.78. The van der Waals surface area contributed by atoms with E-state index in [1.54, 1.807) is 11.3 Å². The van der Waals surface area contributed by atoms with E-state index in [0.29, 0.717) is 5.92 Å². The predicted octanol–water partition coefficient (Wildman–Crippen LogP) is 3.76. The highest BCUT2D eigenvalue weighted by Crippen LogP contribution is 2.43. The Kier molecular flexibility index (Phi) is 8.04. The third kappa shape index (κ3) is 5.36. The number of carbonyl (C=O) groups is 1. The fourth-order valence-electron chi connectivity index (χ4n) is 6.96. The molecule has 3 aliphatic heterocycles. The molecule has 196 valence electrons. The molecule has 0 spiro atoms. The number of rotatable bonds is 6. The first-order valence-corrected chi connectivity index (χ1v) is 14.7. The second kappa shape index (κ2) is 11.3. The molecular formula is C31H37ClN2O2S.